The first-order chi connectivity index (χ1) is 11.7. The normalized spacial score (nSPS) is 17.5. The molecule has 1 aromatic carbocycles. The third-order valence-corrected chi connectivity index (χ3v) is 7.11. The summed E-state index contributed by atoms with van der Waals surface area (Å²) in [6.45, 7) is 4.95. The topological polar surface area (TPSA) is 130 Å². The van der Waals surface area contributed by atoms with Crippen LogP contribution >= 0.6 is 0 Å². The summed E-state index contributed by atoms with van der Waals surface area (Å²) in [6, 6.07) is 6.16. The number of piperidine rings is 1. The number of benzene rings is 1. The lowest BCUT2D eigenvalue weighted by molar-refractivity contribution is -0.141. The lowest BCUT2D eigenvalue weighted by Crippen LogP contribution is -2.55. The van der Waals surface area contributed by atoms with Gasteiger partial charge in [0.05, 0.1) is 12.0 Å². The molecule has 0 saturated carbocycles. The van der Waals surface area contributed by atoms with Crippen LogP contribution in [0.1, 0.15) is 26.7 Å². The molecule has 9 heteroatoms. The highest BCUT2D eigenvalue weighted by Gasteiger charge is 2.53. The van der Waals surface area contributed by atoms with Gasteiger partial charge in [-0.3, -0.25) is 4.79 Å². The lowest BCUT2D eigenvalue weighted by Gasteiger charge is -2.39. The molecule has 1 aromatic rings. The summed E-state index contributed by atoms with van der Waals surface area (Å²) in [6.07, 6.45) is 0.184. The molecule has 1 aliphatic rings. The fourth-order valence-electron chi connectivity index (χ4n) is 2.98. The molecule has 1 saturated heterocycles. The molecule has 0 aromatic heterocycles. The number of nitrogens with two attached hydrogens (primary N) is 1. The molecule has 0 bridgehead atoms. The molecular formula is C16H26N2O6S. The van der Waals surface area contributed by atoms with Crippen molar-refractivity contribution in [1.29, 1.82) is 0 Å². The van der Waals surface area contributed by atoms with Crippen molar-refractivity contribution in [1.82, 2.24) is 4.90 Å². The predicted molar refractivity (Wildman–Crippen MR) is 92.5 cm³/mol. The van der Waals surface area contributed by atoms with Crippen LogP contribution in [0.4, 0.5) is 0 Å². The smallest absolute Gasteiger partial charge is 0.325 e. The summed E-state index contributed by atoms with van der Waals surface area (Å²) >= 11 is 0. The van der Waals surface area contributed by atoms with Gasteiger partial charge in [0.2, 0.25) is 0 Å². The zero-order valence-corrected chi connectivity index (χ0v) is 15.5. The van der Waals surface area contributed by atoms with Gasteiger partial charge in [-0.15, -0.1) is 0 Å². The van der Waals surface area contributed by atoms with Gasteiger partial charge < -0.3 is 20.0 Å². The van der Waals surface area contributed by atoms with Crippen molar-refractivity contribution in [2.24, 2.45) is 5.90 Å². The number of likely N-dealkylation sites (tertiary alicyclic amines) is 1. The Bertz CT molecular complexity index is 664. The summed E-state index contributed by atoms with van der Waals surface area (Å²) in [5.74, 6) is 2.76. The Balaban J connectivity index is 0.00000151. The van der Waals surface area contributed by atoms with Crippen LogP contribution in [0, 0.1) is 0 Å². The average molecular weight is 374 g/mol. The maximum absolute atomic E-state index is 13.0. The minimum Gasteiger partial charge on any atom is -0.497 e. The number of carbonyl (C=O) groups is 1. The van der Waals surface area contributed by atoms with E-state index in [1.165, 1.54) is 31.4 Å². The van der Waals surface area contributed by atoms with Crippen molar-refractivity contribution in [2.75, 3.05) is 20.2 Å². The molecule has 2 rings (SSSR count). The van der Waals surface area contributed by atoms with Crippen molar-refractivity contribution >= 4 is 15.8 Å². The Morgan fingerprint density at radius 3 is 2.04 bits per heavy atom. The van der Waals surface area contributed by atoms with E-state index in [0.717, 1.165) is 0 Å². The van der Waals surface area contributed by atoms with E-state index in [0.29, 0.717) is 18.8 Å². The van der Waals surface area contributed by atoms with Gasteiger partial charge in [0, 0.05) is 19.1 Å². The Morgan fingerprint density at radius 2 is 1.68 bits per heavy atom. The van der Waals surface area contributed by atoms with Crippen LogP contribution in [0.15, 0.2) is 29.2 Å². The molecular weight excluding hydrogens is 348 g/mol. The molecule has 0 spiro atoms. The van der Waals surface area contributed by atoms with Gasteiger partial charge in [0.25, 0.3) is 0 Å². The summed E-state index contributed by atoms with van der Waals surface area (Å²) in [5.41, 5.74) is 0. The molecule has 8 nitrogen and oxygen atoms in total. The van der Waals surface area contributed by atoms with E-state index < -0.39 is 20.6 Å². The number of carboxylic acid groups (broad SMARTS) is 1. The molecule has 1 fully saturated rings. The van der Waals surface area contributed by atoms with E-state index in [4.69, 9.17) is 9.94 Å². The standard InChI is InChI=1S/C16H23NO5S.H3NO/c1-12(2)17-10-8-16(9-11-17,15(18)19)23(20,21)14-6-4-13(22-3)5-7-14;1-2/h4-7,12H,8-11H2,1-3H3,(H,18,19);2H,1H2. The molecule has 0 aliphatic carbocycles. The fraction of sp³-hybridized carbons (Fsp3) is 0.562. The maximum atomic E-state index is 13.0. The second kappa shape index (κ2) is 8.61. The van der Waals surface area contributed by atoms with E-state index in [-0.39, 0.29) is 23.8 Å². The number of hydrogen-bond acceptors (Lipinski definition) is 7. The average Bonchev–Trinajstić information content (AvgIpc) is 2.63. The first-order valence-corrected chi connectivity index (χ1v) is 9.35. The molecule has 0 radical (unpaired) electrons. The van der Waals surface area contributed by atoms with Crippen molar-refractivity contribution in [2.45, 2.75) is 42.4 Å². The van der Waals surface area contributed by atoms with Gasteiger partial charge in [-0.05, 0) is 51.0 Å². The third-order valence-electron chi connectivity index (χ3n) is 4.61. The second-order valence-electron chi connectivity index (χ2n) is 6.11. The number of methoxy groups -OCH3 is 1. The molecule has 1 heterocycles. The summed E-state index contributed by atoms with van der Waals surface area (Å²) in [4.78, 5) is 14.0. The Kier molecular flexibility index (Phi) is 7.36. The number of ether oxygens (including phenoxy) is 1. The largest absolute Gasteiger partial charge is 0.497 e. The van der Waals surface area contributed by atoms with Gasteiger partial charge in [-0.25, -0.2) is 14.3 Å². The number of hydrogen-bond donors (Lipinski definition) is 3. The van der Waals surface area contributed by atoms with E-state index in [1.807, 2.05) is 13.8 Å². The highest BCUT2D eigenvalue weighted by atomic mass is 32.2. The highest BCUT2D eigenvalue weighted by molar-refractivity contribution is 7.93. The summed E-state index contributed by atoms with van der Waals surface area (Å²) < 4.78 is 29.2. The quantitative estimate of drug-likeness (QED) is 0.654. The van der Waals surface area contributed by atoms with Crippen LogP contribution in [-0.2, 0) is 14.6 Å². The van der Waals surface area contributed by atoms with E-state index in [9.17, 15) is 18.3 Å². The number of nitrogens with zero attached hydrogens (tertiary/aromatic N) is 1. The Labute approximate surface area is 148 Å². The Morgan fingerprint density at radius 1 is 1.20 bits per heavy atom. The van der Waals surface area contributed by atoms with Gasteiger partial charge in [0.15, 0.2) is 14.6 Å². The van der Waals surface area contributed by atoms with Gasteiger partial charge in [0.1, 0.15) is 5.75 Å². The lowest BCUT2D eigenvalue weighted by atomic mass is 9.95. The summed E-state index contributed by atoms with van der Waals surface area (Å²) in [5, 5.41) is 16.2. The predicted octanol–water partition coefficient (Wildman–Crippen LogP) is 1.13. The monoisotopic (exact) mass is 374 g/mol. The minimum absolute atomic E-state index is 0.0266. The summed E-state index contributed by atoms with van der Waals surface area (Å²) in [7, 11) is -2.49. The van der Waals surface area contributed by atoms with Gasteiger partial charge in [-0.1, -0.05) is 0 Å². The second-order valence-corrected chi connectivity index (χ2v) is 8.37. The number of aliphatic carboxylic acids is 1. The molecule has 0 unspecified atom stereocenters. The van der Waals surface area contributed by atoms with Gasteiger partial charge in [-0.2, -0.15) is 0 Å². The number of sulfone groups is 1. The molecule has 4 N–H and O–H groups in total. The van der Waals surface area contributed by atoms with Crippen molar-refractivity contribution in [3.05, 3.63) is 24.3 Å². The van der Waals surface area contributed by atoms with Crippen molar-refractivity contribution in [3.8, 4) is 5.75 Å². The number of rotatable bonds is 5. The SMILES string of the molecule is COc1ccc(S(=O)(=O)C2(C(=O)O)CCN(C(C)C)CC2)cc1.NO. The Hall–Kier alpha value is -1.68. The van der Waals surface area contributed by atoms with Crippen LogP contribution < -0.4 is 10.6 Å². The zero-order chi connectivity index (χ0) is 19.3. The van der Waals surface area contributed by atoms with Crippen LogP contribution in [0.3, 0.4) is 0 Å². The van der Waals surface area contributed by atoms with E-state index >= 15 is 0 Å². The van der Waals surface area contributed by atoms with Crippen LogP contribution in [0.25, 0.3) is 0 Å². The van der Waals surface area contributed by atoms with Crippen molar-refractivity contribution < 1.29 is 28.3 Å². The molecule has 25 heavy (non-hydrogen) atoms. The zero-order valence-electron chi connectivity index (χ0n) is 14.7. The van der Waals surface area contributed by atoms with E-state index in [2.05, 4.69) is 10.8 Å². The first kappa shape index (κ1) is 21.4. The van der Waals surface area contributed by atoms with Crippen LogP contribution in [0.5, 0.6) is 5.75 Å². The molecule has 142 valence electrons. The van der Waals surface area contributed by atoms with E-state index in [1.54, 1.807) is 0 Å². The van der Waals surface area contributed by atoms with Gasteiger partial charge >= 0.3 is 5.97 Å². The fourth-order valence-corrected chi connectivity index (χ4v) is 4.88. The number of carboxylic acids is 1. The molecule has 0 amide bonds. The first-order valence-electron chi connectivity index (χ1n) is 7.86. The van der Waals surface area contributed by atoms with Crippen LogP contribution in [0.2, 0.25) is 0 Å². The molecule has 1 aliphatic heterocycles. The maximum Gasteiger partial charge on any atom is 0.325 e. The van der Waals surface area contributed by atoms with Crippen LogP contribution in [-0.4, -0.2) is 60.6 Å². The minimum atomic E-state index is -3.98. The highest BCUT2D eigenvalue weighted by Crippen LogP contribution is 2.36. The third kappa shape index (κ3) is 4.12. The van der Waals surface area contributed by atoms with Crippen molar-refractivity contribution in [3.63, 3.8) is 0 Å². The molecule has 0 atom stereocenters.